The number of anilines is 1. The van der Waals surface area contributed by atoms with Gasteiger partial charge in [0.1, 0.15) is 12.3 Å². The van der Waals surface area contributed by atoms with Crippen LogP contribution in [0.25, 0.3) is 0 Å². The molecule has 1 heterocycles. The SMILES string of the molecule is CCOc1ccccc1N(CC(=O)NCc1ccc(CN2CCCC2=O)cc1)S(=O)(=O)c1ccc(Cl)cc1. The normalized spacial score (nSPS) is 13.4. The number of benzene rings is 3. The number of likely N-dealkylation sites (tertiary alicyclic amines) is 1. The predicted octanol–water partition coefficient (Wildman–Crippen LogP) is 4.37. The zero-order valence-electron chi connectivity index (χ0n) is 21.1. The summed E-state index contributed by atoms with van der Waals surface area (Å²) in [5.74, 6) is 0.0540. The van der Waals surface area contributed by atoms with Gasteiger partial charge in [-0.2, -0.15) is 0 Å². The number of sulfonamides is 1. The molecule has 3 aromatic rings. The molecule has 1 fully saturated rings. The number of amides is 2. The van der Waals surface area contributed by atoms with Crippen LogP contribution >= 0.6 is 11.6 Å². The van der Waals surface area contributed by atoms with Crippen LogP contribution in [-0.2, 0) is 32.7 Å². The molecular weight excluding hydrogens is 526 g/mol. The molecule has 3 aromatic carbocycles. The minimum atomic E-state index is -4.11. The predicted molar refractivity (Wildman–Crippen MR) is 147 cm³/mol. The lowest BCUT2D eigenvalue weighted by molar-refractivity contribution is -0.128. The fraction of sp³-hybridized carbons (Fsp3) is 0.286. The summed E-state index contributed by atoms with van der Waals surface area (Å²) >= 11 is 5.96. The van der Waals surface area contributed by atoms with Crippen molar-refractivity contribution >= 4 is 39.1 Å². The zero-order chi connectivity index (χ0) is 27.1. The van der Waals surface area contributed by atoms with Gasteiger partial charge in [0.2, 0.25) is 11.8 Å². The highest BCUT2D eigenvalue weighted by molar-refractivity contribution is 7.92. The van der Waals surface area contributed by atoms with E-state index >= 15 is 0 Å². The van der Waals surface area contributed by atoms with E-state index in [-0.39, 0.29) is 23.0 Å². The van der Waals surface area contributed by atoms with Crippen LogP contribution in [0.2, 0.25) is 5.02 Å². The summed E-state index contributed by atoms with van der Waals surface area (Å²) in [7, 11) is -4.11. The van der Waals surface area contributed by atoms with Crippen LogP contribution in [0.3, 0.4) is 0 Å². The molecule has 10 heteroatoms. The molecule has 0 bridgehead atoms. The number of rotatable bonds is 11. The third-order valence-corrected chi connectivity index (χ3v) is 8.21. The van der Waals surface area contributed by atoms with Crippen LogP contribution in [0.1, 0.15) is 30.9 Å². The molecule has 200 valence electrons. The minimum Gasteiger partial charge on any atom is -0.492 e. The molecule has 4 rings (SSSR count). The van der Waals surface area contributed by atoms with E-state index in [0.29, 0.717) is 30.3 Å². The van der Waals surface area contributed by atoms with Crippen molar-refractivity contribution in [3.63, 3.8) is 0 Å². The summed E-state index contributed by atoms with van der Waals surface area (Å²) in [6.07, 6.45) is 1.49. The van der Waals surface area contributed by atoms with Crippen molar-refractivity contribution < 1.29 is 22.7 Å². The molecule has 1 N–H and O–H groups in total. The van der Waals surface area contributed by atoms with Crippen LogP contribution in [0.5, 0.6) is 5.75 Å². The summed E-state index contributed by atoms with van der Waals surface area (Å²) in [4.78, 5) is 26.7. The number of nitrogens with zero attached hydrogens (tertiary/aromatic N) is 2. The van der Waals surface area contributed by atoms with Crippen molar-refractivity contribution in [2.45, 2.75) is 37.8 Å². The van der Waals surface area contributed by atoms with Gasteiger partial charge in [-0.15, -0.1) is 0 Å². The smallest absolute Gasteiger partial charge is 0.264 e. The van der Waals surface area contributed by atoms with Crippen molar-refractivity contribution in [1.29, 1.82) is 0 Å². The average Bonchev–Trinajstić information content (AvgIpc) is 3.31. The standard InChI is InChI=1S/C28H30ClN3O5S/c1-2-37-26-7-4-3-6-25(26)32(38(35,36)24-15-13-23(29)14-16-24)20-27(33)30-18-21-9-11-22(12-10-21)19-31-17-5-8-28(31)34/h3-4,6-7,9-16H,2,5,8,17-20H2,1H3,(H,30,33). The number of carbonyl (C=O) groups is 2. The molecule has 2 amide bonds. The van der Waals surface area contributed by atoms with Gasteiger partial charge >= 0.3 is 0 Å². The Morgan fingerprint density at radius 3 is 2.37 bits per heavy atom. The van der Waals surface area contributed by atoms with E-state index in [1.807, 2.05) is 29.2 Å². The van der Waals surface area contributed by atoms with Gasteiger partial charge in [0.05, 0.1) is 17.2 Å². The first kappa shape index (κ1) is 27.5. The van der Waals surface area contributed by atoms with Crippen molar-refractivity contribution in [2.24, 2.45) is 0 Å². The quantitative estimate of drug-likeness (QED) is 0.379. The van der Waals surface area contributed by atoms with Crippen LogP contribution in [-0.4, -0.2) is 44.8 Å². The summed E-state index contributed by atoms with van der Waals surface area (Å²) in [5, 5.41) is 3.22. The Bertz CT molecular complexity index is 1380. The van der Waals surface area contributed by atoms with E-state index in [9.17, 15) is 18.0 Å². The van der Waals surface area contributed by atoms with Gasteiger partial charge in [0.15, 0.2) is 0 Å². The summed E-state index contributed by atoms with van der Waals surface area (Å²) < 4.78 is 34.0. The second-order valence-corrected chi connectivity index (χ2v) is 11.2. The maximum Gasteiger partial charge on any atom is 0.264 e. The second-order valence-electron chi connectivity index (χ2n) is 8.88. The van der Waals surface area contributed by atoms with Crippen LogP contribution in [0.15, 0.2) is 77.7 Å². The molecule has 0 spiro atoms. The molecule has 1 saturated heterocycles. The third kappa shape index (κ3) is 6.65. The first-order valence-corrected chi connectivity index (χ1v) is 14.2. The fourth-order valence-electron chi connectivity index (χ4n) is 4.22. The summed E-state index contributed by atoms with van der Waals surface area (Å²) in [6.45, 7) is 3.27. The number of carbonyl (C=O) groups excluding carboxylic acids is 2. The van der Waals surface area contributed by atoms with Crippen molar-refractivity contribution in [1.82, 2.24) is 10.2 Å². The molecule has 8 nitrogen and oxygen atoms in total. The molecule has 38 heavy (non-hydrogen) atoms. The maximum atomic E-state index is 13.6. The lowest BCUT2D eigenvalue weighted by atomic mass is 10.1. The first-order chi connectivity index (χ1) is 18.3. The molecule has 0 radical (unpaired) electrons. The largest absolute Gasteiger partial charge is 0.492 e. The van der Waals surface area contributed by atoms with Crippen molar-refractivity contribution in [2.75, 3.05) is 24.0 Å². The number of ether oxygens (including phenoxy) is 1. The second kappa shape index (κ2) is 12.3. The number of hydrogen-bond donors (Lipinski definition) is 1. The number of halogens is 1. The Balaban J connectivity index is 1.48. The van der Waals surface area contributed by atoms with E-state index < -0.39 is 22.5 Å². The highest BCUT2D eigenvalue weighted by Gasteiger charge is 2.29. The minimum absolute atomic E-state index is 0.00748. The van der Waals surface area contributed by atoms with Gasteiger partial charge in [0, 0.05) is 31.1 Å². The topological polar surface area (TPSA) is 96.0 Å². The molecule has 1 aliphatic heterocycles. The van der Waals surface area contributed by atoms with Crippen molar-refractivity contribution in [3.05, 3.63) is 88.9 Å². The van der Waals surface area contributed by atoms with Crippen LogP contribution in [0, 0.1) is 0 Å². The third-order valence-electron chi connectivity index (χ3n) is 6.18. The van der Waals surface area contributed by atoms with E-state index in [1.54, 1.807) is 31.2 Å². The highest BCUT2D eigenvalue weighted by atomic mass is 35.5. The zero-order valence-corrected chi connectivity index (χ0v) is 22.7. The van der Waals surface area contributed by atoms with E-state index in [2.05, 4.69) is 5.32 Å². The van der Waals surface area contributed by atoms with Gasteiger partial charge in [-0.3, -0.25) is 13.9 Å². The highest BCUT2D eigenvalue weighted by Crippen LogP contribution is 2.32. The van der Waals surface area contributed by atoms with Crippen LogP contribution in [0.4, 0.5) is 5.69 Å². The van der Waals surface area contributed by atoms with Crippen LogP contribution < -0.4 is 14.4 Å². The number of nitrogens with one attached hydrogen (secondary N) is 1. The molecule has 0 unspecified atom stereocenters. The van der Waals surface area contributed by atoms with E-state index in [4.69, 9.17) is 16.3 Å². The Morgan fingerprint density at radius 2 is 1.71 bits per heavy atom. The van der Waals surface area contributed by atoms with Gasteiger partial charge in [-0.25, -0.2) is 8.42 Å². The first-order valence-electron chi connectivity index (χ1n) is 12.4. The van der Waals surface area contributed by atoms with E-state index in [0.717, 1.165) is 28.4 Å². The lowest BCUT2D eigenvalue weighted by Gasteiger charge is -2.26. The Hall–Kier alpha value is -3.56. The van der Waals surface area contributed by atoms with Gasteiger partial charge < -0.3 is 15.0 Å². The Labute approximate surface area is 228 Å². The monoisotopic (exact) mass is 555 g/mol. The molecule has 0 saturated carbocycles. The molecular formula is C28H30ClN3O5S. The lowest BCUT2D eigenvalue weighted by Crippen LogP contribution is -2.40. The Morgan fingerprint density at radius 1 is 1.03 bits per heavy atom. The summed E-state index contributed by atoms with van der Waals surface area (Å²) in [6, 6.07) is 20.1. The molecule has 0 aliphatic carbocycles. The summed E-state index contributed by atoms with van der Waals surface area (Å²) in [5.41, 5.74) is 2.14. The Kier molecular flexibility index (Phi) is 8.91. The average molecular weight is 556 g/mol. The fourth-order valence-corrected chi connectivity index (χ4v) is 5.77. The maximum absolute atomic E-state index is 13.6. The van der Waals surface area contributed by atoms with Gasteiger partial charge in [-0.05, 0) is 60.9 Å². The van der Waals surface area contributed by atoms with Gasteiger partial charge in [-0.1, -0.05) is 48.0 Å². The molecule has 1 aliphatic rings. The number of para-hydroxylation sites is 2. The van der Waals surface area contributed by atoms with Gasteiger partial charge in [0.25, 0.3) is 10.0 Å². The van der Waals surface area contributed by atoms with Crippen molar-refractivity contribution in [3.8, 4) is 5.75 Å². The number of hydrogen-bond acceptors (Lipinski definition) is 5. The molecule has 0 atom stereocenters. The van der Waals surface area contributed by atoms with E-state index in [1.165, 1.54) is 24.3 Å². The molecule has 0 aromatic heterocycles.